The molecule has 1 saturated heterocycles. The molecule has 5 heteroatoms. The molecule has 2 aliphatic rings. The molecule has 1 fully saturated rings. The highest BCUT2D eigenvalue weighted by molar-refractivity contribution is 5.14. The Kier molecular flexibility index (Phi) is 4.87. The number of ether oxygens (including phenoxy) is 1. The second kappa shape index (κ2) is 6.20. The minimum Gasteiger partial charge on any atom is -0.353 e. The van der Waals surface area contributed by atoms with E-state index in [0.717, 1.165) is 6.42 Å². The number of nitrogens with zero attached hydrogens (tertiary/aromatic N) is 1. The molecule has 0 aromatic rings. The van der Waals surface area contributed by atoms with Gasteiger partial charge in [-0.15, -0.1) is 0 Å². The minimum atomic E-state index is -1.45. The van der Waals surface area contributed by atoms with E-state index in [1.807, 2.05) is 0 Å². The van der Waals surface area contributed by atoms with Crippen LogP contribution in [0.25, 0.3) is 0 Å². The summed E-state index contributed by atoms with van der Waals surface area (Å²) in [5.74, 6) is 1.11. The maximum absolute atomic E-state index is 15.6. The lowest BCUT2D eigenvalue weighted by Crippen LogP contribution is -2.52. The molecule has 0 radical (unpaired) electrons. The molecule has 0 spiro atoms. The molecule has 0 aromatic heterocycles. The van der Waals surface area contributed by atoms with Gasteiger partial charge >= 0.3 is 0 Å². The first-order chi connectivity index (χ1) is 10.1. The maximum atomic E-state index is 15.6. The number of nitrogens with two attached hydrogens (primary N) is 1. The molecule has 0 bridgehead atoms. The minimum absolute atomic E-state index is 0.0863. The molecule has 2 aliphatic heterocycles. The van der Waals surface area contributed by atoms with Crippen molar-refractivity contribution in [1.29, 1.82) is 0 Å². The van der Waals surface area contributed by atoms with Gasteiger partial charge < -0.3 is 20.7 Å². The third-order valence-corrected chi connectivity index (χ3v) is 4.61. The lowest BCUT2D eigenvalue weighted by Gasteiger charge is -2.39. The van der Waals surface area contributed by atoms with Gasteiger partial charge in [0.25, 0.3) is 0 Å². The fourth-order valence-electron chi connectivity index (χ4n) is 3.81. The maximum Gasteiger partial charge on any atom is 0.169 e. The van der Waals surface area contributed by atoms with E-state index in [4.69, 9.17) is 10.5 Å². The fraction of sp³-hybridized carbons (Fsp3) is 0.765. The number of hydrogen-bond acceptors (Lipinski definition) is 4. The van der Waals surface area contributed by atoms with Crippen molar-refractivity contribution in [3.05, 3.63) is 24.7 Å². The monoisotopic (exact) mass is 311 g/mol. The molecule has 0 saturated carbocycles. The van der Waals surface area contributed by atoms with Crippen LogP contribution in [-0.2, 0) is 4.74 Å². The number of alkyl halides is 1. The summed E-state index contributed by atoms with van der Waals surface area (Å²) in [6.07, 6.45) is 3.37. The van der Waals surface area contributed by atoms with E-state index in [2.05, 4.69) is 39.6 Å². The fourth-order valence-corrected chi connectivity index (χ4v) is 3.81. The second-order valence-electron chi connectivity index (χ2n) is 7.44. The van der Waals surface area contributed by atoms with E-state index in [0.29, 0.717) is 11.7 Å². The van der Waals surface area contributed by atoms with Crippen LogP contribution in [0.4, 0.5) is 4.39 Å². The smallest absolute Gasteiger partial charge is 0.169 e. The molecule has 22 heavy (non-hydrogen) atoms. The molecule has 0 aliphatic carbocycles. The Balaban J connectivity index is 2.28. The van der Waals surface area contributed by atoms with E-state index in [1.165, 1.54) is 0 Å². The zero-order chi connectivity index (χ0) is 16.7. The normalized spacial score (nSPS) is 39.0. The average Bonchev–Trinajstić information content (AvgIpc) is 2.59. The van der Waals surface area contributed by atoms with Crippen molar-refractivity contribution in [1.82, 2.24) is 10.2 Å². The van der Waals surface area contributed by atoms with E-state index in [-0.39, 0.29) is 24.1 Å². The standard InChI is InChI=1S/C17H30FN3O/c1-10(2)9-13-15(11(3)4)17(6,18)16(22-13)21-8-7-14(19)20-12(21)5/h7-8,10-11,13-16,20H,5,9,19H2,1-4,6H3/t13-,14?,15-,16-,17-/m1/s1. The van der Waals surface area contributed by atoms with Gasteiger partial charge in [-0.1, -0.05) is 34.3 Å². The van der Waals surface area contributed by atoms with Crippen molar-refractivity contribution < 1.29 is 9.13 Å². The Morgan fingerprint density at radius 2 is 2.09 bits per heavy atom. The van der Waals surface area contributed by atoms with Gasteiger partial charge in [0.15, 0.2) is 11.9 Å². The quantitative estimate of drug-likeness (QED) is 0.838. The predicted molar refractivity (Wildman–Crippen MR) is 87.2 cm³/mol. The first-order valence-electron chi connectivity index (χ1n) is 8.16. The molecule has 4 nitrogen and oxygen atoms in total. The van der Waals surface area contributed by atoms with Gasteiger partial charge in [-0.2, -0.15) is 0 Å². The summed E-state index contributed by atoms with van der Waals surface area (Å²) < 4.78 is 21.8. The van der Waals surface area contributed by atoms with Crippen molar-refractivity contribution in [2.45, 2.75) is 65.2 Å². The Hall–Kier alpha value is -1.07. The van der Waals surface area contributed by atoms with Gasteiger partial charge in [-0.25, -0.2) is 4.39 Å². The average molecular weight is 311 g/mol. The second-order valence-corrected chi connectivity index (χ2v) is 7.44. The van der Waals surface area contributed by atoms with Gasteiger partial charge in [0, 0.05) is 12.1 Å². The zero-order valence-electron chi connectivity index (χ0n) is 14.3. The van der Waals surface area contributed by atoms with Crippen LogP contribution in [0.1, 0.15) is 41.0 Å². The Labute approximate surface area is 133 Å². The van der Waals surface area contributed by atoms with Crippen LogP contribution in [0, 0.1) is 17.8 Å². The number of halogens is 1. The summed E-state index contributed by atoms with van der Waals surface area (Å²) in [7, 11) is 0. The lowest BCUT2D eigenvalue weighted by atomic mass is 9.77. The highest BCUT2D eigenvalue weighted by atomic mass is 19.1. The number of hydrogen-bond donors (Lipinski definition) is 2. The molecule has 2 heterocycles. The summed E-state index contributed by atoms with van der Waals surface area (Å²) in [4.78, 5) is 1.74. The lowest BCUT2D eigenvalue weighted by molar-refractivity contribution is -0.0740. The van der Waals surface area contributed by atoms with Crippen molar-refractivity contribution in [3.8, 4) is 0 Å². The molecule has 0 amide bonds. The van der Waals surface area contributed by atoms with Crippen LogP contribution < -0.4 is 11.1 Å². The summed E-state index contributed by atoms with van der Waals surface area (Å²) >= 11 is 0. The summed E-state index contributed by atoms with van der Waals surface area (Å²) in [6, 6.07) is 0. The molecule has 2 rings (SSSR count). The molecule has 3 N–H and O–H groups in total. The van der Waals surface area contributed by atoms with Crippen LogP contribution >= 0.6 is 0 Å². The molecule has 0 aromatic carbocycles. The van der Waals surface area contributed by atoms with Crippen molar-refractivity contribution >= 4 is 0 Å². The topological polar surface area (TPSA) is 50.5 Å². The first-order valence-corrected chi connectivity index (χ1v) is 8.16. The van der Waals surface area contributed by atoms with E-state index < -0.39 is 11.9 Å². The van der Waals surface area contributed by atoms with Gasteiger partial charge in [0.05, 0.1) is 12.3 Å². The first kappa shape index (κ1) is 17.3. The molecular formula is C17H30FN3O. The number of rotatable bonds is 4. The Morgan fingerprint density at radius 1 is 1.45 bits per heavy atom. The molecule has 1 unspecified atom stereocenters. The van der Waals surface area contributed by atoms with Gasteiger partial charge in [-0.3, -0.25) is 0 Å². The highest BCUT2D eigenvalue weighted by Crippen LogP contribution is 2.47. The summed E-state index contributed by atoms with van der Waals surface area (Å²) in [6.45, 7) is 14.0. The predicted octanol–water partition coefficient (Wildman–Crippen LogP) is 2.93. The van der Waals surface area contributed by atoms with Crippen molar-refractivity contribution in [2.75, 3.05) is 0 Å². The van der Waals surface area contributed by atoms with E-state index >= 15 is 4.39 Å². The van der Waals surface area contributed by atoms with E-state index in [1.54, 1.807) is 24.1 Å². The van der Waals surface area contributed by atoms with Gasteiger partial charge in [-0.05, 0) is 31.3 Å². The zero-order valence-corrected chi connectivity index (χ0v) is 14.3. The molecular weight excluding hydrogens is 281 g/mol. The van der Waals surface area contributed by atoms with Gasteiger partial charge in [0.1, 0.15) is 5.82 Å². The Morgan fingerprint density at radius 3 is 2.59 bits per heavy atom. The van der Waals surface area contributed by atoms with Crippen molar-refractivity contribution in [2.24, 2.45) is 23.5 Å². The number of nitrogens with one attached hydrogen (secondary N) is 1. The molecule has 126 valence electrons. The van der Waals surface area contributed by atoms with Crippen LogP contribution in [0.3, 0.4) is 0 Å². The van der Waals surface area contributed by atoms with Crippen molar-refractivity contribution in [3.63, 3.8) is 0 Å². The summed E-state index contributed by atoms with van der Waals surface area (Å²) in [5, 5.41) is 3.02. The SMILES string of the molecule is C=C1NC(N)C=CN1[C@@H]1O[C@H](CC(C)C)[C@@H](C(C)C)[C@@]1(C)F. The van der Waals surface area contributed by atoms with Crippen LogP contribution in [0.5, 0.6) is 0 Å². The summed E-state index contributed by atoms with van der Waals surface area (Å²) in [5.41, 5.74) is 4.35. The largest absolute Gasteiger partial charge is 0.353 e. The third kappa shape index (κ3) is 3.15. The van der Waals surface area contributed by atoms with Crippen LogP contribution in [0.2, 0.25) is 0 Å². The van der Waals surface area contributed by atoms with Crippen LogP contribution in [-0.4, -0.2) is 29.1 Å². The molecule has 5 atom stereocenters. The van der Waals surface area contributed by atoms with Gasteiger partial charge in [0.2, 0.25) is 0 Å². The van der Waals surface area contributed by atoms with E-state index in [9.17, 15) is 0 Å². The highest BCUT2D eigenvalue weighted by Gasteiger charge is 2.57. The Bertz CT molecular complexity index is 447. The van der Waals surface area contributed by atoms with Crippen LogP contribution in [0.15, 0.2) is 24.7 Å². The third-order valence-electron chi connectivity index (χ3n) is 4.61.